The Hall–Kier alpha value is -1.89. The number of methoxy groups -OCH3 is 1. The number of esters is 1. The van der Waals surface area contributed by atoms with E-state index in [4.69, 9.17) is 16.3 Å². The van der Waals surface area contributed by atoms with E-state index in [0.717, 1.165) is 37.7 Å². The Morgan fingerprint density at radius 1 is 1.10 bits per heavy atom. The predicted octanol–water partition coefficient (Wildman–Crippen LogP) is 5.29. The summed E-state index contributed by atoms with van der Waals surface area (Å²) in [6, 6.07) is 13.2. The van der Waals surface area contributed by atoms with Gasteiger partial charge in [-0.15, -0.1) is 0 Å². The summed E-state index contributed by atoms with van der Waals surface area (Å²) >= 11 is 5.97. The Labute approximate surface area is 184 Å². The van der Waals surface area contributed by atoms with Crippen molar-refractivity contribution < 1.29 is 17.9 Å². The second-order valence-electron chi connectivity index (χ2n) is 7.71. The van der Waals surface area contributed by atoms with E-state index < -0.39 is 16.0 Å². The molecule has 7 heteroatoms. The summed E-state index contributed by atoms with van der Waals surface area (Å²) in [5, 5.41) is 0.502. The van der Waals surface area contributed by atoms with Crippen LogP contribution < -0.4 is 0 Å². The lowest BCUT2D eigenvalue weighted by atomic mass is 9.95. The molecule has 2 aromatic carbocycles. The van der Waals surface area contributed by atoms with Gasteiger partial charge in [0.15, 0.2) is 0 Å². The monoisotopic (exact) mass is 449 g/mol. The highest BCUT2D eigenvalue weighted by atomic mass is 35.5. The van der Waals surface area contributed by atoms with Crippen molar-refractivity contribution in [2.45, 2.75) is 56.5 Å². The van der Waals surface area contributed by atoms with E-state index >= 15 is 0 Å². The number of hydrogen-bond donors (Lipinski definition) is 0. The first kappa shape index (κ1) is 22.8. The number of sulfonamides is 1. The zero-order valence-corrected chi connectivity index (χ0v) is 19.0. The highest BCUT2D eigenvalue weighted by Gasteiger charge is 2.36. The molecule has 1 aliphatic carbocycles. The topological polar surface area (TPSA) is 63.7 Å². The van der Waals surface area contributed by atoms with Crippen molar-refractivity contribution >= 4 is 27.6 Å². The number of carbonyl (C=O) groups is 1. The standard InChI is InChI=1S/C23H28ClNO4S/c1-3-22(18-6-4-5-7-18)25(30(27,28)21-14-12-20(24)13-15-21)16-17-8-10-19(11-9-17)23(26)29-2/h8-15,18,22H,3-7,16H2,1-2H3/t22-/m0/s1. The summed E-state index contributed by atoms with van der Waals surface area (Å²) in [7, 11) is -2.38. The first-order valence-electron chi connectivity index (χ1n) is 10.3. The van der Waals surface area contributed by atoms with E-state index in [1.165, 1.54) is 7.11 Å². The second kappa shape index (κ2) is 9.94. The fraction of sp³-hybridized carbons (Fsp3) is 0.435. The maximum Gasteiger partial charge on any atom is 0.337 e. The molecule has 0 saturated heterocycles. The van der Waals surface area contributed by atoms with Crippen molar-refractivity contribution in [3.8, 4) is 0 Å². The van der Waals surface area contributed by atoms with Gasteiger partial charge in [-0.25, -0.2) is 13.2 Å². The Balaban J connectivity index is 1.96. The third-order valence-corrected chi connectivity index (χ3v) is 8.00. The number of nitrogens with zero attached hydrogens (tertiary/aromatic N) is 1. The average Bonchev–Trinajstić information content (AvgIpc) is 3.28. The molecule has 2 aromatic rings. The molecule has 30 heavy (non-hydrogen) atoms. The first-order valence-corrected chi connectivity index (χ1v) is 12.1. The zero-order valence-electron chi connectivity index (χ0n) is 17.4. The number of carbonyl (C=O) groups excluding carboxylic acids is 1. The van der Waals surface area contributed by atoms with Gasteiger partial charge in [0.25, 0.3) is 0 Å². The van der Waals surface area contributed by atoms with Gasteiger partial charge in [-0.05, 0) is 67.1 Å². The van der Waals surface area contributed by atoms with Gasteiger partial charge in [0.2, 0.25) is 10.0 Å². The van der Waals surface area contributed by atoms with Crippen molar-refractivity contribution in [1.82, 2.24) is 4.31 Å². The summed E-state index contributed by atoms with van der Waals surface area (Å²) in [6.07, 6.45) is 5.13. The molecule has 1 atom stereocenters. The molecule has 0 radical (unpaired) electrons. The minimum absolute atomic E-state index is 0.0755. The van der Waals surface area contributed by atoms with E-state index in [-0.39, 0.29) is 17.5 Å². The maximum atomic E-state index is 13.6. The third-order valence-electron chi connectivity index (χ3n) is 5.87. The minimum Gasteiger partial charge on any atom is -0.465 e. The van der Waals surface area contributed by atoms with E-state index in [1.54, 1.807) is 52.8 Å². The Morgan fingerprint density at radius 2 is 1.70 bits per heavy atom. The molecule has 0 aromatic heterocycles. The SMILES string of the molecule is CC[C@@H](C1CCCC1)N(Cc1ccc(C(=O)OC)cc1)S(=O)(=O)c1ccc(Cl)cc1. The highest BCUT2D eigenvalue weighted by molar-refractivity contribution is 7.89. The van der Waals surface area contributed by atoms with Crippen molar-refractivity contribution in [2.24, 2.45) is 5.92 Å². The molecule has 5 nitrogen and oxygen atoms in total. The number of benzene rings is 2. The lowest BCUT2D eigenvalue weighted by Crippen LogP contribution is -2.43. The van der Waals surface area contributed by atoms with Crippen molar-refractivity contribution in [3.63, 3.8) is 0 Å². The van der Waals surface area contributed by atoms with Gasteiger partial charge >= 0.3 is 5.97 Å². The quantitative estimate of drug-likeness (QED) is 0.514. The van der Waals surface area contributed by atoms with E-state index in [9.17, 15) is 13.2 Å². The Kier molecular flexibility index (Phi) is 7.55. The van der Waals surface area contributed by atoms with Crippen LogP contribution in [0.25, 0.3) is 0 Å². The molecule has 0 aliphatic heterocycles. The van der Waals surface area contributed by atoms with Gasteiger partial charge < -0.3 is 4.74 Å². The van der Waals surface area contributed by atoms with Crippen LogP contribution in [0, 0.1) is 5.92 Å². The molecule has 1 saturated carbocycles. The molecule has 0 bridgehead atoms. The summed E-state index contributed by atoms with van der Waals surface area (Å²) < 4.78 is 33.7. The maximum absolute atomic E-state index is 13.6. The number of hydrogen-bond acceptors (Lipinski definition) is 4. The van der Waals surface area contributed by atoms with Crippen LogP contribution in [0.15, 0.2) is 53.4 Å². The summed E-state index contributed by atoms with van der Waals surface area (Å²) in [5.41, 5.74) is 1.27. The van der Waals surface area contributed by atoms with E-state index in [0.29, 0.717) is 16.5 Å². The average molecular weight is 450 g/mol. The van der Waals surface area contributed by atoms with Gasteiger partial charge in [0, 0.05) is 17.6 Å². The van der Waals surface area contributed by atoms with Crippen LogP contribution in [0.3, 0.4) is 0 Å². The van der Waals surface area contributed by atoms with Crippen LogP contribution in [-0.2, 0) is 21.3 Å². The lowest BCUT2D eigenvalue weighted by molar-refractivity contribution is 0.0600. The molecule has 1 aliphatic rings. The number of ether oxygens (including phenoxy) is 1. The van der Waals surface area contributed by atoms with Gasteiger partial charge in [-0.3, -0.25) is 0 Å². The van der Waals surface area contributed by atoms with Crippen molar-refractivity contribution in [2.75, 3.05) is 7.11 Å². The van der Waals surface area contributed by atoms with Crippen LogP contribution >= 0.6 is 11.6 Å². The molecular formula is C23H28ClNO4S. The fourth-order valence-corrected chi connectivity index (χ4v) is 6.15. The van der Waals surface area contributed by atoms with Gasteiger partial charge in [0.1, 0.15) is 0 Å². The molecule has 0 N–H and O–H groups in total. The predicted molar refractivity (Wildman–Crippen MR) is 118 cm³/mol. The van der Waals surface area contributed by atoms with Gasteiger partial charge in [-0.1, -0.05) is 43.5 Å². The van der Waals surface area contributed by atoms with E-state index in [2.05, 4.69) is 0 Å². The van der Waals surface area contributed by atoms with Crippen LogP contribution in [0.2, 0.25) is 5.02 Å². The molecule has 162 valence electrons. The van der Waals surface area contributed by atoms with Gasteiger partial charge in [-0.2, -0.15) is 4.31 Å². The zero-order chi connectivity index (χ0) is 21.7. The third kappa shape index (κ3) is 5.05. The van der Waals surface area contributed by atoms with E-state index in [1.807, 2.05) is 6.92 Å². The molecule has 0 spiro atoms. The summed E-state index contributed by atoms with van der Waals surface area (Å²) in [5.74, 6) is -0.0593. The minimum atomic E-state index is -3.71. The van der Waals surface area contributed by atoms with Crippen LogP contribution in [0.5, 0.6) is 0 Å². The van der Waals surface area contributed by atoms with Crippen LogP contribution in [0.4, 0.5) is 0 Å². The molecule has 1 fully saturated rings. The molecule has 0 unspecified atom stereocenters. The summed E-state index contributed by atoms with van der Waals surface area (Å²) in [4.78, 5) is 12.0. The normalized spacial score (nSPS) is 16.0. The van der Waals surface area contributed by atoms with Crippen molar-refractivity contribution in [3.05, 3.63) is 64.7 Å². The van der Waals surface area contributed by atoms with Crippen LogP contribution in [-0.4, -0.2) is 31.8 Å². The number of rotatable bonds is 8. The second-order valence-corrected chi connectivity index (χ2v) is 10.0. The first-order chi connectivity index (χ1) is 14.4. The lowest BCUT2D eigenvalue weighted by Gasteiger charge is -2.34. The molecule has 0 heterocycles. The molecule has 0 amide bonds. The highest BCUT2D eigenvalue weighted by Crippen LogP contribution is 2.35. The summed E-state index contributed by atoms with van der Waals surface area (Å²) in [6.45, 7) is 2.30. The smallest absolute Gasteiger partial charge is 0.337 e. The number of halogens is 1. The molecular weight excluding hydrogens is 422 g/mol. The Morgan fingerprint density at radius 3 is 2.23 bits per heavy atom. The van der Waals surface area contributed by atoms with Crippen molar-refractivity contribution in [1.29, 1.82) is 0 Å². The largest absolute Gasteiger partial charge is 0.465 e. The van der Waals surface area contributed by atoms with Crippen LogP contribution in [0.1, 0.15) is 54.9 Å². The van der Waals surface area contributed by atoms with Gasteiger partial charge in [0.05, 0.1) is 17.6 Å². The fourth-order valence-electron chi connectivity index (χ4n) is 4.28. The molecule has 3 rings (SSSR count). The Bertz CT molecular complexity index is 952.